The van der Waals surface area contributed by atoms with Gasteiger partial charge in [-0.3, -0.25) is 0 Å². The second-order valence-corrected chi connectivity index (χ2v) is 3.29. The molecule has 10 heavy (non-hydrogen) atoms. The molecule has 0 radical (unpaired) electrons. The average Bonchev–Trinajstić information content (AvgIpc) is 2.07. The van der Waals surface area contributed by atoms with Gasteiger partial charge in [-0.1, -0.05) is 0 Å². The van der Waals surface area contributed by atoms with Crippen LogP contribution in [0.4, 0.5) is 4.79 Å². The van der Waals surface area contributed by atoms with Crippen LogP contribution < -0.4 is 4.90 Å². The monoisotopic (exact) mass is 144 g/mol. The summed E-state index contributed by atoms with van der Waals surface area (Å²) in [6.07, 6.45) is -0.104. The molecule has 0 aliphatic carbocycles. The van der Waals surface area contributed by atoms with Crippen LogP contribution in [-0.4, -0.2) is 24.8 Å². The smallest absolute Gasteiger partial charge is 0.413 e. The summed E-state index contributed by atoms with van der Waals surface area (Å²) in [6, 6.07) is 0. The van der Waals surface area contributed by atoms with Crippen molar-refractivity contribution in [2.75, 3.05) is 13.2 Å². The van der Waals surface area contributed by atoms with E-state index in [0.29, 0.717) is 6.61 Å². The van der Waals surface area contributed by atoms with Crippen LogP contribution in [0.2, 0.25) is 0 Å². The number of ether oxygens (including phenoxy) is 1. The first-order valence-corrected chi connectivity index (χ1v) is 3.61. The number of alkyl carbamates (subject to hydrolysis) is 2. The molecule has 1 aliphatic rings. The van der Waals surface area contributed by atoms with Crippen molar-refractivity contribution >= 4 is 6.09 Å². The highest BCUT2D eigenvalue weighted by Crippen LogP contribution is 2.03. The van der Waals surface area contributed by atoms with Crippen molar-refractivity contribution in [3.8, 4) is 0 Å². The molecule has 1 atom stereocenters. The van der Waals surface area contributed by atoms with Gasteiger partial charge < -0.3 is 4.74 Å². The maximum atomic E-state index is 11.0. The number of hydrogen-bond acceptors (Lipinski definition) is 2. The lowest BCUT2D eigenvalue weighted by atomic mass is 10.1. The van der Waals surface area contributed by atoms with E-state index >= 15 is 0 Å². The Morgan fingerprint density at radius 3 is 2.50 bits per heavy atom. The SMILES string of the molecule is CC[NH+]1C(=O)OCC1(C)C. The second kappa shape index (κ2) is 2.23. The molecule has 1 N–H and O–H groups in total. The Bertz CT molecular complexity index is 154. The maximum Gasteiger partial charge on any atom is 0.515 e. The van der Waals surface area contributed by atoms with E-state index in [1.54, 1.807) is 0 Å². The van der Waals surface area contributed by atoms with Crippen LogP contribution in [0.25, 0.3) is 0 Å². The number of likely N-dealkylation sites (N-methyl/N-ethyl adjacent to an activating group) is 1. The molecule has 3 nitrogen and oxygen atoms in total. The fourth-order valence-corrected chi connectivity index (χ4v) is 1.32. The van der Waals surface area contributed by atoms with Gasteiger partial charge in [0.15, 0.2) is 6.61 Å². The van der Waals surface area contributed by atoms with Crippen LogP contribution in [0.1, 0.15) is 20.8 Å². The molecule has 3 heteroatoms. The van der Waals surface area contributed by atoms with E-state index in [4.69, 9.17) is 4.74 Å². The number of amides is 1. The highest BCUT2D eigenvalue weighted by molar-refractivity contribution is 5.59. The fourth-order valence-electron chi connectivity index (χ4n) is 1.32. The number of quaternary nitrogens is 1. The largest absolute Gasteiger partial charge is 0.515 e. The van der Waals surface area contributed by atoms with Crippen LogP contribution in [0.3, 0.4) is 0 Å². The van der Waals surface area contributed by atoms with Gasteiger partial charge in [0, 0.05) is 0 Å². The summed E-state index contributed by atoms with van der Waals surface area (Å²) in [5, 5.41) is 0. The van der Waals surface area contributed by atoms with Crippen molar-refractivity contribution in [3.63, 3.8) is 0 Å². The molecule has 0 aromatic heterocycles. The Hall–Kier alpha value is -0.570. The molecule has 58 valence electrons. The van der Waals surface area contributed by atoms with Crippen LogP contribution in [0.15, 0.2) is 0 Å². The van der Waals surface area contributed by atoms with E-state index in [1.807, 2.05) is 20.8 Å². The molecule has 1 fully saturated rings. The summed E-state index contributed by atoms with van der Waals surface area (Å²) in [5.41, 5.74) is -0.0220. The number of hydrogen-bond donors (Lipinski definition) is 1. The van der Waals surface area contributed by atoms with Gasteiger partial charge in [0.1, 0.15) is 5.54 Å². The van der Waals surface area contributed by atoms with Crippen molar-refractivity contribution in [2.45, 2.75) is 26.3 Å². The molecule has 1 saturated heterocycles. The third-order valence-electron chi connectivity index (χ3n) is 1.98. The third kappa shape index (κ3) is 1.01. The quantitative estimate of drug-likeness (QED) is 0.553. The van der Waals surface area contributed by atoms with Gasteiger partial charge in [0.2, 0.25) is 0 Å². The molecule has 0 aromatic rings. The van der Waals surface area contributed by atoms with Crippen molar-refractivity contribution in [1.82, 2.24) is 0 Å². The highest BCUT2D eigenvalue weighted by Gasteiger charge is 2.44. The van der Waals surface area contributed by atoms with Crippen LogP contribution in [0, 0.1) is 0 Å². The van der Waals surface area contributed by atoms with E-state index in [9.17, 15) is 4.79 Å². The second-order valence-electron chi connectivity index (χ2n) is 3.29. The predicted octanol–water partition coefficient (Wildman–Crippen LogP) is -0.180. The van der Waals surface area contributed by atoms with E-state index in [0.717, 1.165) is 11.4 Å². The summed E-state index contributed by atoms with van der Waals surface area (Å²) >= 11 is 0. The van der Waals surface area contributed by atoms with Gasteiger partial charge in [-0.15, -0.1) is 0 Å². The molecule has 1 heterocycles. The van der Waals surface area contributed by atoms with Crippen molar-refractivity contribution in [3.05, 3.63) is 0 Å². The standard InChI is InChI=1S/C7H13NO2/c1-4-8-6(9)10-5-7(8,2)3/h4-5H2,1-3H3/p+1. The van der Waals surface area contributed by atoms with Crippen molar-refractivity contribution in [2.24, 2.45) is 0 Å². The Morgan fingerprint density at radius 2 is 2.30 bits per heavy atom. The summed E-state index contributed by atoms with van der Waals surface area (Å²) in [6.45, 7) is 7.43. The minimum absolute atomic E-state index is 0.0220. The molecular formula is C7H14NO2+. The Kier molecular flexibility index (Phi) is 1.68. The number of carbonyl (C=O) groups is 1. The summed E-state index contributed by atoms with van der Waals surface area (Å²) in [4.78, 5) is 11.9. The summed E-state index contributed by atoms with van der Waals surface area (Å²) in [5.74, 6) is 0. The fraction of sp³-hybridized carbons (Fsp3) is 0.857. The minimum atomic E-state index is -0.104. The predicted molar refractivity (Wildman–Crippen MR) is 36.9 cm³/mol. The van der Waals surface area contributed by atoms with Crippen LogP contribution in [-0.2, 0) is 4.74 Å². The minimum Gasteiger partial charge on any atom is -0.413 e. The molecule has 0 spiro atoms. The lowest BCUT2D eigenvalue weighted by molar-refractivity contribution is -0.857. The molecule has 1 amide bonds. The van der Waals surface area contributed by atoms with E-state index < -0.39 is 0 Å². The zero-order chi connectivity index (χ0) is 7.78. The Balaban J connectivity index is 2.73. The lowest BCUT2D eigenvalue weighted by Gasteiger charge is -2.19. The molecule has 0 aromatic carbocycles. The van der Waals surface area contributed by atoms with Crippen LogP contribution in [0.5, 0.6) is 0 Å². The molecule has 1 unspecified atom stereocenters. The lowest BCUT2D eigenvalue weighted by Crippen LogP contribution is -3.19. The van der Waals surface area contributed by atoms with Crippen molar-refractivity contribution in [1.29, 1.82) is 0 Å². The maximum absolute atomic E-state index is 11.0. The first kappa shape index (κ1) is 7.54. The third-order valence-corrected chi connectivity index (χ3v) is 1.98. The summed E-state index contributed by atoms with van der Waals surface area (Å²) in [7, 11) is 0. The van der Waals surface area contributed by atoms with E-state index in [-0.39, 0.29) is 11.6 Å². The Labute approximate surface area is 61.0 Å². The molecular weight excluding hydrogens is 130 g/mol. The van der Waals surface area contributed by atoms with Crippen LogP contribution >= 0.6 is 0 Å². The van der Waals surface area contributed by atoms with Gasteiger partial charge in [0.05, 0.1) is 6.54 Å². The first-order valence-electron chi connectivity index (χ1n) is 3.61. The molecule has 1 aliphatic heterocycles. The number of cyclic esters (lactones) is 1. The Morgan fingerprint density at radius 1 is 1.70 bits per heavy atom. The highest BCUT2D eigenvalue weighted by atomic mass is 16.6. The topological polar surface area (TPSA) is 30.7 Å². The van der Waals surface area contributed by atoms with E-state index in [2.05, 4.69) is 0 Å². The van der Waals surface area contributed by atoms with Gasteiger partial charge in [-0.25, -0.2) is 4.90 Å². The molecule has 0 bridgehead atoms. The summed E-state index contributed by atoms with van der Waals surface area (Å²) < 4.78 is 4.90. The zero-order valence-electron chi connectivity index (χ0n) is 6.73. The average molecular weight is 144 g/mol. The number of rotatable bonds is 1. The van der Waals surface area contributed by atoms with Gasteiger partial charge >= 0.3 is 6.09 Å². The van der Waals surface area contributed by atoms with Gasteiger partial charge in [-0.05, 0) is 20.8 Å². The number of nitrogens with one attached hydrogen (secondary N) is 1. The molecule has 1 rings (SSSR count). The van der Waals surface area contributed by atoms with Crippen molar-refractivity contribution < 1.29 is 14.4 Å². The van der Waals surface area contributed by atoms with E-state index in [1.165, 1.54) is 0 Å². The van der Waals surface area contributed by atoms with Gasteiger partial charge in [-0.2, -0.15) is 4.79 Å². The molecule has 0 saturated carbocycles. The first-order chi connectivity index (χ1) is 4.58. The normalized spacial score (nSPS) is 30.3. The number of carbonyl (C=O) groups excluding carboxylic acids is 1. The zero-order valence-corrected chi connectivity index (χ0v) is 6.73. The van der Waals surface area contributed by atoms with Gasteiger partial charge in [0.25, 0.3) is 0 Å².